The summed E-state index contributed by atoms with van der Waals surface area (Å²) in [6, 6.07) is 16.8. The van der Waals surface area contributed by atoms with Gasteiger partial charge in [0.2, 0.25) is 0 Å². The molecule has 2 aromatic rings. The van der Waals surface area contributed by atoms with Gasteiger partial charge in [0.05, 0.1) is 0 Å². The highest BCUT2D eigenvalue weighted by molar-refractivity contribution is 6.31. The van der Waals surface area contributed by atoms with Crippen LogP contribution in [0.5, 0.6) is 5.75 Å². The van der Waals surface area contributed by atoms with E-state index in [9.17, 15) is 0 Å². The molecular weight excluding hydrogens is 332 g/mol. The highest BCUT2D eigenvalue weighted by atomic mass is 35.5. The standard InChI is InChI=1S/C21H27ClN2O/c1-2-24-12-6-9-19(24)15-23-14-17-7-5-10-20(13-17)25-16-18-8-3-4-11-21(18)22/h3-5,7-8,10-11,13,19,23H,2,6,9,12,14-16H2,1H3/t19-/m1/s1. The number of halogens is 1. The van der Waals surface area contributed by atoms with Crippen molar-refractivity contribution < 1.29 is 4.74 Å². The van der Waals surface area contributed by atoms with E-state index >= 15 is 0 Å². The molecule has 0 amide bonds. The van der Waals surface area contributed by atoms with Crippen molar-refractivity contribution in [3.05, 3.63) is 64.7 Å². The molecule has 0 saturated carbocycles. The van der Waals surface area contributed by atoms with Crippen LogP contribution < -0.4 is 10.1 Å². The molecule has 1 heterocycles. The Morgan fingerprint density at radius 1 is 1.20 bits per heavy atom. The van der Waals surface area contributed by atoms with Crippen molar-refractivity contribution in [1.29, 1.82) is 0 Å². The molecule has 25 heavy (non-hydrogen) atoms. The van der Waals surface area contributed by atoms with Crippen LogP contribution in [0.15, 0.2) is 48.5 Å². The van der Waals surface area contributed by atoms with E-state index in [0.29, 0.717) is 12.6 Å². The van der Waals surface area contributed by atoms with Crippen molar-refractivity contribution in [2.24, 2.45) is 0 Å². The number of ether oxygens (including phenoxy) is 1. The zero-order chi connectivity index (χ0) is 17.5. The molecule has 1 saturated heterocycles. The first-order valence-electron chi connectivity index (χ1n) is 9.16. The van der Waals surface area contributed by atoms with Gasteiger partial charge in [-0.05, 0) is 49.7 Å². The fourth-order valence-electron chi connectivity index (χ4n) is 3.45. The van der Waals surface area contributed by atoms with Crippen LogP contribution in [-0.2, 0) is 13.2 Å². The third kappa shape index (κ3) is 5.21. The van der Waals surface area contributed by atoms with Crippen molar-refractivity contribution in [2.75, 3.05) is 19.6 Å². The summed E-state index contributed by atoms with van der Waals surface area (Å²) < 4.78 is 5.91. The van der Waals surface area contributed by atoms with Crippen molar-refractivity contribution in [3.63, 3.8) is 0 Å². The third-order valence-electron chi connectivity index (χ3n) is 4.86. The third-order valence-corrected chi connectivity index (χ3v) is 5.23. The lowest BCUT2D eigenvalue weighted by Crippen LogP contribution is -2.37. The molecule has 1 aliphatic rings. The van der Waals surface area contributed by atoms with Crippen LogP contribution >= 0.6 is 11.6 Å². The van der Waals surface area contributed by atoms with Crippen LogP contribution in [0.2, 0.25) is 5.02 Å². The van der Waals surface area contributed by atoms with Gasteiger partial charge in [-0.2, -0.15) is 0 Å². The Balaban J connectivity index is 1.49. The first-order valence-corrected chi connectivity index (χ1v) is 9.54. The van der Waals surface area contributed by atoms with Crippen molar-refractivity contribution in [2.45, 2.75) is 39.0 Å². The Hall–Kier alpha value is -1.55. The molecule has 1 fully saturated rings. The minimum atomic E-state index is 0.490. The Morgan fingerprint density at radius 3 is 2.92 bits per heavy atom. The number of hydrogen-bond acceptors (Lipinski definition) is 3. The normalized spacial score (nSPS) is 17.8. The zero-order valence-corrected chi connectivity index (χ0v) is 15.6. The lowest BCUT2D eigenvalue weighted by Gasteiger charge is -2.23. The molecule has 0 aliphatic carbocycles. The van der Waals surface area contributed by atoms with Crippen LogP contribution in [0.4, 0.5) is 0 Å². The van der Waals surface area contributed by atoms with Gasteiger partial charge in [-0.1, -0.05) is 48.9 Å². The van der Waals surface area contributed by atoms with E-state index in [1.165, 1.54) is 24.9 Å². The monoisotopic (exact) mass is 358 g/mol. The molecule has 3 nitrogen and oxygen atoms in total. The predicted octanol–water partition coefficient (Wildman–Crippen LogP) is 4.49. The Morgan fingerprint density at radius 2 is 2.08 bits per heavy atom. The largest absolute Gasteiger partial charge is 0.489 e. The maximum atomic E-state index is 6.18. The number of nitrogens with one attached hydrogen (secondary N) is 1. The van der Waals surface area contributed by atoms with Crippen molar-refractivity contribution >= 4 is 11.6 Å². The number of likely N-dealkylation sites (tertiary alicyclic amines) is 1. The zero-order valence-electron chi connectivity index (χ0n) is 14.9. The molecule has 134 valence electrons. The maximum Gasteiger partial charge on any atom is 0.120 e. The van der Waals surface area contributed by atoms with Gasteiger partial charge >= 0.3 is 0 Å². The molecule has 0 spiro atoms. The second-order valence-corrected chi connectivity index (χ2v) is 6.99. The first-order chi connectivity index (χ1) is 12.3. The summed E-state index contributed by atoms with van der Waals surface area (Å²) in [5.41, 5.74) is 2.26. The van der Waals surface area contributed by atoms with Crippen molar-refractivity contribution in [3.8, 4) is 5.75 Å². The minimum absolute atomic E-state index is 0.490. The maximum absolute atomic E-state index is 6.18. The van der Waals surface area contributed by atoms with E-state index in [4.69, 9.17) is 16.3 Å². The Labute approximate surface area is 155 Å². The molecule has 1 aliphatic heterocycles. The first kappa shape index (κ1) is 18.2. The topological polar surface area (TPSA) is 24.5 Å². The van der Waals surface area contributed by atoms with E-state index in [1.807, 2.05) is 36.4 Å². The number of nitrogens with zero attached hydrogens (tertiary/aromatic N) is 1. The molecule has 0 unspecified atom stereocenters. The van der Waals surface area contributed by atoms with Crippen LogP contribution in [0.25, 0.3) is 0 Å². The minimum Gasteiger partial charge on any atom is -0.489 e. The average Bonchev–Trinajstić information content (AvgIpc) is 3.09. The second-order valence-electron chi connectivity index (χ2n) is 6.58. The number of hydrogen-bond donors (Lipinski definition) is 1. The predicted molar refractivity (Wildman–Crippen MR) is 104 cm³/mol. The van der Waals surface area contributed by atoms with Crippen LogP contribution in [0, 0.1) is 0 Å². The van der Waals surface area contributed by atoms with E-state index in [0.717, 1.165) is 36.0 Å². The molecule has 0 radical (unpaired) electrons. The smallest absolute Gasteiger partial charge is 0.120 e. The van der Waals surface area contributed by atoms with Gasteiger partial charge in [0, 0.05) is 29.7 Å². The summed E-state index contributed by atoms with van der Waals surface area (Å²) in [5.74, 6) is 0.885. The summed E-state index contributed by atoms with van der Waals surface area (Å²) >= 11 is 6.18. The van der Waals surface area contributed by atoms with E-state index < -0.39 is 0 Å². The molecule has 2 aromatic carbocycles. The summed E-state index contributed by atoms with van der Waals surface area (Å²) in [4.78, 5) is 2.57. The summed E-state index contributed by atoms with van der Waals surface area (Å²) in [6.07, 6.45) is 2.63. The van der Waals surface area contributed by atoms with Gasteiger partial charge < -0.3 is 10.1 Å². The number of benzene rings is 2. The fraction of sp³-hybridized carbons (Fsp3) is 0.429. The highest BCUT2D eigenvalue weighted by Gasteiger charge is 2.21. The van der Waals surface area contributed by atoms with Crippen LogP contribution in [0.1, 0.15) is 30.9 Å². The van der Waals surface area contributed by atoms with Gasteiger partial charge in [-0.3, -0.25) is 4.90 Å². The summed E-state index contributed by atoms with van der Waals surface area (Å²) in [7, 11) is 0. The van der Waals surface area contributed by atoms with E-state index in [2.05, 4.69) is 29.3 Å². The lowest BCUT2D eigenvalue weighted by molar-refractivity contribution is 0.260. The highest BCUT2D eigenvalue weighted by Crippen LogP contribution is 2.20. The van der Waals surface area contributed by atoms with Gasteiger partial charge in [0.1, 0.15) is 12.4 Å². The summed E-state index contributed by atoms with van der Waals surface area (Å²) in [5, 5.41) is 4.35. The average molecular weight is 359 g/mol. The Kier molecular flexibility index (Phi) is 6.74. The fourth-order valence-corrected chi connectivity index (χ4v) is 3.64. The van der Waals surface area contributed by atoms with Crippen LogP contribution in [-0.4, -0.2) is 30.6 Å². The number of likely N-dealkylation sites (N-methyl/N-ethyl adjacent to an activating group) is 1. The lowest BCUT2D eigenvalue weighted by atomic mass is 10.2. The second kappa shape index (κ2) is 9.23. The van der Waals surface area contributed by atoms with Crippen LogP contribution in [0.3, 0.4) is 0 Å². The molecule has 0 bridgehead atoms. The molecule has 3 rings (SSSR count). The molecule has 1 atom stereocenters. The van der Waals surface area contributed by atoms with Gasteiger partial charge in [-0.15, -0.1) is 0 Å². The van der Waals surface area contributed by atoms with E-state index in [1.54, 1.807) is 0 Å². The number of rotatable bonds is 8. The van der Waals surface area contributed by atoms with Gasteiger partial charge in [0.15, 0.2) is 0 Å². The molecule has 1 N–H and O–H groups in total. The SMILES string of the molecule is CCN1CCC[C@@H]1CNCc1cccc(OCc2ccccc2Cl)c1. The summed E-state index contributed by atoms with van der Waals surface area (Å²) in [6.45, 7) is 7.06. The quantitative estimate of drug-likeness (QED) is 0.752. The molecule has 4 heteroatoms. The van der Waals surface area contributed by atoms with Gasteiger partial charge in [0.25, 0.3) is 0 Å². The van der Waals surface area contributed by atoms with Gasteiger partial charge in [-0.25, -0.2) is 0 Å². The molecular formula is C21H27ClN2O. The van der Waals surface area contributed by atoms with E-state index in [-0.39, 0.29) is 0 Å². The molecule has 0 aromatic heterocycles. The van der Waals surface area contributed by atoms with Crippen molar-refractivity contribution in [1.82, 2.24) is 10.2 Å². The Bertz CT molecular complexity index is 676.